The van der Waals surface area contributed by atoms with Crippen molar-refractivity contribution in [1.82, 2.24) is 0 Å². The fraction of sp³-hybridized carbons (Fsp3) is 0.300. The minimum atomic E-state index is -0.348. The monoisotopic (exact) mass is 390 g/mol. The van der Waals surface area contributed by atoms with E-state index in [9.17, 15) is 9.59 Å². The Bertz CT molecular complexity index is 867. The number of para-hydroxylation sites is 1. The molecule has 3 rings (SSSR count). The average Bonchev–Trinajstić information content (AvgIpc) is 3.41. The highest BCUT2D eigenvalue weighted by Crippen LogP contribution is 2.41. The van der Waals surface area contributed by atoms with Crippen molar-refractivity contribution >= 4 is 46.4 Å². The van der Waals surface area contributed by atoms with Crippen LogP contribution in [0.4, 0.5) is 11.4 Å². The normalized spacial score (nSPS) is 18.3. The molecular weight excluding hydrogens is 371 g/mol. The van der Waals surface area contributed by atoms with Crippen molar-refractivity contribution in [3.8, 4) is 0 Å². The number of carbonyl (C=O) groups is 2. The summed E-state index contributed by atoms with van der Waals surface area (Å²) in [5.41, 5.74) is 3.42. The Morgan fingerprint density at radius 3 is 2.38 bits per heavy atom. The van der Waals surface area contributed by atoms with Gasteiger partial charge in [0.2, 0.25) is 11.8 Å². The molecule has 0 spiro atoms. The fourth-order valence-electron chi connectivity index (χ4n) is 3.02. The summed E-state index contributed by atoms with van der Waals surface area (Å²) in [6.07, 6.45) is 1.36. The SMILES string of the molecule is CCc1cccc(C)c1NC(=O)C1CC1C(=O)Nc1cccc(Cl)c1Cl. The summed E-state index contributed by atoms with van der Waals surface area (Å²) in [5, 5.41) is 6.43. The van der Waals surface area contributed by atoms with E-state index in [0.717, 1.165) is 23.2 Å². The van der Waals surface area contributed by atoms with Crippen molar-refractivity contribution in [2.45, 2.75) is 26.7 Å². The van der Waals surface area contributed by atoms with Gasteiger partial charge in [0.15, 0.2) is 0 Å². The zero-order valence-corrected chi connectivity index (χ0v) is 16.1. The Kier molecular flexibility index (Phi) is 5.54. The molecule has 2 aromatic rings. The quantitative estimate of drug-likeness (QED) is 0.747. The van der Waals surface area contributed by atoms with Crippen LogP contribution in [-0.2, 0) is 16.0 Å². The van der Waals surface area contributed by atoms with Gasteiger partial charge >= 0.3 is 0 Å². The van der Waals surface area contributed by atoms with Gasteiger partial charge in [-0.1, -0.05) is 54.4 Å². The molecule has 0 heterocycles. The summed E-state index contributed by atoms with van der Waals surface area (Å²) in [5.74, 6) is -1.00. The van der Waals surface area contributed by atoms with E-state index >= 15 is 0 Å². The summed E-state index contributed by atoms with van der Waals surface area (Å²) in [6, 6.07) is 11.0. The highest BCUT2D eigenvalue weighted by atomic mass is 35.5. The molecule has 6 heteroatoms. The summed E-state index contributed by atoms with van der Waals surface area (Å²) in [4.78, 5) is 24.9. The average molecular weight is 391 g/mol. The number of anilines is 2. The summed E-state index contributed by atoms with van der Waals surface area (Å²) < 4.78 is 0. The highest BCUT2D eigenvalue weighted by Gasteiger charge is 2.48. The number of nitrogens with one attached hydrogen (secondary N) is 2. The second-order valence-corrected chi connectivity index (χ2v) is 7.28. The van der Waals surface area contributed by atoms with Gasteiger partial charge in [-0.15, -0.1) is 0 Å². The van der Waals surface area contributed by atoms with Crippen molar-refractivity contribution < 1.29 is 9.59 Å². The third-order valence-corrected chi connectivity index (χ3v) is 5.48. The molecule has 1 aliphatic carbocycles. The third-order valence-electron chi connectivity index (χ3n) is 4.66. The Morgan fingerprint density at radius 1 is 1.04 bits per heavy atom. The summed E-state index contributed by atoms with van der Waals surface area (Å²) >= 11 is 12.1. The van der Waals surface area contributed by atoms with Gasteiger partial charge in [0.05, 0.1) is 27.6 Å². The zero-order valence-electron chi connectivity index (χ0n) is 14.6. The maximum absolute atomic E-state index is 12.5. The maximum Gasteiger partial charge on any atom is 0.228 e. The van der Waals surface area contributed by atoms with E-state index < -0.39 is 0 Å². The molecular formula is C20H20Cl2N2O2. The molecule has 1 saturated carbocycles. The predicted octanol–water partition coefficient (Wildman–Crippen LogP) is 5.08. The highest BCUT2D eigenvalue weighted by molar-refractivity contribution is 6.44. The molecule has 2 N–H and O–H groups in total. The molecule has 0 aliphatic heterocycles. The number of amides is 2. The van der Waals surface area contributed by atoms with Crippen LogP contribution in [0.5, 0.6) is 0 Å². The Balaban J connectivity index is 1.64. The molecule has 2 amide bonds. The molecule has 1 aliphatic rings. The van der Waals surface area contributed by atoms with Gasteiger partial charge < -0.3 is 10.6 Å². The topological polar surface area (TPSA) is 58.2 Å². The molecule has 0 saturated heterocycles. The molecule has 4 nitrogen and oxygen atoms in total. The molecule has 0 radical (unpaired) electrons. The van der Waals surface area contributed by atoms with Crippen LogP contribution in [0.15, 0.2) is 36.4 Å². The van der Waals surface area contributed by atoms with Crippen LogP contribution in [0.2, 0.25) is 10.0 Å². The molecule has 0 bridgehead atoms. The van der Waals surface area contributed by atoms with Gasteiger partial charge in [0, 0.05) is 5.69 Å². The molecule has 2 aromatic carbocycles. The maximum atomic E-state index is 12.5. The second kappa shape index (κ2) is 7.68. The first-order valence-electron chi connectivity index (χ1n) is 8.56. The lowest BCUT2D eigenvalue weighted by atomic mass is 10.1. The largest absolute Gasteiger partial charge is 0.325 e. The molecule has 26 heavy (non-hydrogen) atoms. The molecule has 2 unspecified atom stereocenters. The second-order valence-electron chi connectivity index (χ2n) is 6.49. The Hall–Kier alpha value is -2.04. The third kappa shape index (κ3) is 3.87. The van der Waals surface area contributed by atoms with E-state index in [1.165, 1.54) is 0 Å². The minimum absolute atomic E-state index is 0.119. The van der Waals surface area contributed by atoms with E-state index in [2.05, 4.69) is 10.6 Å². The van der Waals surface area contributed by atoms with Gasteiger partial charge in [-0.05, 0) is 43.0 Å². The fourth-order valence-corrected chi connectivity index (χ4v) is 3.37. The first-order valence-corrected chi connectivity index (χ1v) is 9.32. The smallest absolute Gasteiger partial charge is 0.228 e. The number of carbonyl (C=O) groups excluding carboxylic acids is 2. The number of hydrogen-bond donors (Lipinski definition) is 2. The summed E-state index contributed by atoms with van der Waals surface area (Å²) in [7, 11) is 0. The van der Waals surface area contributed by atoms with Crippen molar-refractivity contribution in [2.75, 3.05) is 10.6 Å². The van der Waals surface area contributed by atoms with E-state index in [1.54, 1.807) is 18.2 Å². The van der Waals surface area contributed by atoms with Crippen LogP contribution < -0.4 is 10.6 Å². The van der Waals surface area contributed by atoms with E-state index in [1.807, 2.05) is 32.0 Å². The van der Waals surface area contributed by atoms with Crippen LogP contribution in [-0.4, -0.2) is 11.8 Å². The van der Waals surface area contributed by atoms with Crippen LogP contribution in [0.3, 0.4) is 0 Å². The lowest BCUT2D eigenvalue weighted by Crippen LogP contribution is -2.21. The lowest BCUT2D eigenvalue weighted by molar-refractivity contribution is -0.122. The van der Waals surface area contributed by atoms with Crippen LogP contribution in [0, 0.1) is 18.8 Å². The summed E-state index contributed by atoms with van der Waals surface area (Å²) in [6.45, 7) is 4.01. The predicted molar refractivity (Wildman–Crippen MR) is 106 cm³/mol. The van der Waals surface area contributed by atoms with Crippen molar-refractivity contribution in [3.63, 3.8) is 0 Å². The van der Waals surface area contributed by atoms with Crippen molar-refractivity contribution in [2.24, 2.45) is 11.8 Å². The Morgan fingerprint density at radius 2 is 1.69 bits per heavy atom. The first kappa shape index (κ1) is 18.7. The van der Waals surface area contributed by atoms with E-state index in [0.29, 0.717) is 22.2 Å². The number of benzene rings is 2. The molecule has 0 aromatic heterocycles. The lowest BCUT2D eigenvalue weighted by Gasteiger charge is -2.13. The van der Waals surface area contributed by atoms with E-state index in [4.69, 9.17) is 23.2 Å². The van der Waals surface area contributed by atoms with Crippen LogP contribution in [0.1, 0.15) is 24.5 Å². The first-order chi connectivity index (χ1) is 12.4. The number of aryl methyl sites for hydroxylation is 2. The van der Waals surface area contributed by atoms with Gasteiger partial charge in [-0.3, -0.25) is 9.59 Å². The van der Waals surface area contributed by atoms with Crippen molar-refractivity contribution in [3.05, 3.63) is 57.6 Å². The van der Waals surface area contributed by atoms with Gasteiger partial charge in [0.25, 0.3) is 0 Å². The van der Waals surface area contributed by atoms with Gasteiger partial charge in [-0.25, -0.2) is 0 Å². The molecule has 2 atom stereocenters. The number of rotatable bonds is 5. The van der Waals surface area contributed by atoms with Gasteiger partial charge in [0.1, 0.15) is 0 Å². The Labute approximate surface area is 162 Å². The van der Waals surface area contributed by atoms with Gasteiger partial charge in [-0.2, -0.15) is 0 Å². The van der Waals surface area contributed by atoms with Crippen molar-refractivity contribution in [1.29, 1.82) is 0 Å². The number of halogens is 2. The zero-order chi connectivity index (χ0) is 18.8. The minimum Gasteiger partial charge on any atom is -0.325 e. The van der Waals surface area contributed by atoms with Crippen LogP contribution in [0.25, 0.3) is 0 Å². The molecule has 136 valence electrons. The standard InChI is InChI=1S/C20H20Cl2N2O2/c1-3-12-7-4-6-11(2)18(12)24-20(26)14-10-13(14)19(25)23-16-9-5-8-15(21)17(16)22/h4-9,13-14H,3,10H2,1-2H3,(H,23,25)(H,24,26). The van der Waals surface area contributed by atoms with Crippen LogP contribution >= 0.6 is 23.2 Å². The molecule has 1 fully saturated rings. The van der Waals surface area contributed by atoms with E-state index in [-0.39, 0.29) is 23.7 Å². The number of hydrogen-bond acceptors (Lipinski definition) is 2.